The fraction of sp³-hybridized carbons (Fsp3) is 1.00. The van der Waals surface area contributed by atoms with Gasteiger partial charge in [0.1, 0.15) is 0 Å². The lowest BCUT2D eigenvalue weighted by Gasteiger charge is -2.34. The van der Waals surface area contributed by atoms with Gasteiger partial charge in [0.2, 0.25) is 0 Å². The molecule has 0 fully saturated rings. The van der Waals surface area contributed by atoms with Crippen molar-refractivity contribution in [2.24, 2.45) is 0 Å². The van der Waals surface area contributed by atoms with E-state index in [1.54, 1.807) is 0 Å². The zero-order valence-electron chi connectivity index (χ0n) is 9.53. The standard InChI is InChI=1S/C10H23NO4/c1-3-10(15,4-2)5-11-9(6-12,7-13)8-14/h11-15H,3-8H2,1-2H3. The van der Waals surface area contributed by atoms with Gasteiger partial charge in [0.05, 0.1) is 31.0 Å². The first-order chi connectivity index (χ1) is 7.01. The van der Waals surface area contributed by atoms with E-state index in [2.05, 4.69) is 5.32 Å². The fourth-order valence-electron chi connectivity index (χ4n) is 1.17. The van der Waals surface area contributed by atoms with Gasteiger partial charge in [-0.15, -0.1) is 0 Å². The van der Waals surface area contributed by atoms with E-state index in [1.807, 2.05) is 13.8 Å². The first-order valence-corrected chi connectivity index (χ1v) is 5.31. The molecule has 0 spiro atoms. The smallest absolute Gasteiger partial charge is 0.0882 e. The second-order valence-electron chi connectivity index (χ2n) is 4.04. The Morgan fingerprint density at radius 1 is 0.933 bits per heavy atom. The SMILES string of the molecule is CCC(O)(CC)CNC(CO)(CO)CO. The molecule has 0 aromatic heterocycles. The van der Waals surface area contributed by atoms with E-state index >= 15 is 0 Å². The Morgan fingerprint density at radius 2 is 1.33 bits per heavy atom. The van der Waals surface area contributed by atoms with Gasteiger partial charge in [-0.1, -0.05) is 13.8 Å². The summed E-state index contributed by atoms with van der Waals surface area (Å²) in [5.74, 6) is 0. The summed E-state index contributed by atoms with van der Waals surface area (Å²) in [6.07, 6.45) is 1.16. The molecule has 15 heavy (non-hydrogen) atoms. The van der Waals surface area contributed by atoms with Crippen LogP contribution in [0.1, 0.15) is 26.7 Å². The van der Waals surface area contributed by atoms with Crippen molar-refractivity contribution in [2.75, 3.05) is 26.4 Å². The average molecular weight is 221 g/mol. The largest absolute Gasteiger partial charge is 0.394 e. The highest BCUT2D eigenvalue weighted by molar-refractivity contribution is 4.90. The second kappa shape index (κ2) is 6.40. The minimum Gasteiger partial charge on any atom is -0.394 e. The Labute approximate surface area is 90.8 Å². The van der Waals surface area contributed by atoms with Crippen LogP contribution in [-0.4, -0.2) is 57.9 Å². The van der Waals surface area contributed by atoms with Crippen LogP contribution in [0.25, 0.3) is 0 Å². The highest BCUT2D eigenvalue weighted by Gasteiger charge is 2.31. The lowest BCUT2D eigenvalue weighted by atomic mass is 9.95. The van der Waals surface area contributed by atoms with Crippen molar-refractivity contribution in [3.8, 4) is 0 Å². The zero-order chi connectivity index (χ0) is 11.9. The molecular weight excluding hydrogens is 198 g/mol. The van der Waals surface area contributed by atoms with Crippen LogP contribution in [0, 0.1) is 0 Å². The van der Waals surface area contributed by atoms with Gasteiger partial charge in [-0.25, -0.2) is 0 Å². The molecule has 0 rings (SSSR count). The Morgan fingerprint density at radius 3 is 1.60 bits per heavy atom. The number of aliphatic hydroxyl groups excluding tert-OH is 3. The molecule has 5 heteroatoms. The van der Waals surface area contributed by atoms with Gasteiger partial charge in [-0.3, -0.25) is 0 Å². The molecular formula is C10H23NO4. The number of rotatable bonds is 8. The van der Waals surface area contributed by atoms with Crippen LogP contribution in [0.4, 0.5) is 0 Å². The number of aliphatic hydroxyl groups is 4. The summed E-state index contributed by atoms with van der Waals surface area (Å²) in [6, 6.07) is 0. The predicted molar refractivity (Wildman–Crippen MR) is 57.5 cm³/mol. The van der Waals surface area contributed by atoms with Gasteiger partial charge in [0.25, 0.3) is 0 Å². The van der Waals surface area contributed by atoms with Crippen LogP contribution in [0.15, 0.2) is 0 Å². The monoisotopic (exact) mass is 221 g/mol. The summed E-state index contributed by atoms with van der Waals surface area (Å²) < 4.78 is 0. The van der Waals surface area contributed by atoms with Crippen molar-refractivity contribution in [2.45, 2.75) is 37.8 Å². The number of hydrogen-bond donors (Lipinski definition) is 5. The van der Waals surface area contributed by atoms with E-state index in [1.165, 1.54) is 0 Å². The van der Waals surface area contributed by atoms with Crippen molar-refractivity contribution in [1.82, 2.24) is 5.32 Å². The molecule has 0 saturated heterocycles. The third-order valence-corrected chi connectivity index (χ3v) is 3.02. The molecule has 0 aliphatic carbocycles. The fourth-order valence-corrected chi connectivity index (χ4v) is 1.17. The van der Waals surface area contributed by atoms with E-state index in [9.17, 15) is 5.11 Å². The second-order valence-corrected chi connectivity index (χ2v) is 4.04. The Balaban J connectivity index is 4.32. The van der Waals surface area contributed by atoms with Gasteiger partial charge < -0.3 is 25.7 Å². The van der Waals surface area contributed by atoms with Gasteiger partial charge in [-0.05, 0) is 12.8 Å². The van der Waals surface area contributed by atoms with E-state index in [0.29, 0.717) is 12.8 Å². The summed E-state index contributed by atoms with van der Waals surface area (Å²) in [6.45, 7) is 2.85. The Hall–Kier alpha value is -0.200. The highest BCUT2D eigenvalue weighted by Crippen LogP contribution is 2.14. The van der Waals surface area contributed by atoms with E-state index in [4.69, 9.17) is 15.3 Å². The maximum atomic E-state index is 9.97. The van der Waals surface area contributed by atoms with Crippen LogP contribution >= 0.6 is 0 Å². The number of β-amino-alcohol motifs (C(OH)–C–C–N with tert-alkyl or cyclic N) is 1. The predicted octanol–water partition coefficient (Wildman–Crippen LogP) is -1.16. The molecule has 0 aliphatic heterocycles. The summed E-state index contributed by atoms with van der Waals surface area (Å²) in [7, 11) is 0. The maximum Gasteiger partial charge on any atom is 0.0882 e. The van der Waals surface area contributed by atoms with E-state index in [-0.39, 0.29) is 26.4 Å². The summed E-state index contributed by atoms with van der Waals surface area (Å²) in [4.78, 5) is 0. The summed E-state index contributed by atoms with van der Waals surface area (Å²) >= 11 is 0. The molecule has 0 saturated carbocycles. The summed E-state index contributed by atoms with van der Waals surface area (Å²) in [5, 5.41) is 40.0. The summed E-state index contributed by atoms with van der Waals surface area (Å²) in [5.41, 5.74) is -1.97. The molecule has 0 radical (unpaired) electrons. The van der Waals surface area contributed by atoms with Crippen LogP contribution in [0.5, 0.6) is 0 Å². The Bertz CT molecular complexity index is 159. The first kappa shape index (κ1) is 14.8. The minimum absolute atomic E-state index is 0.238. The quantitative estimate of drug-likeness (QED) is 0.357. The van der Waals surface area contributed by atoms with Gasteiger partial charge in [0, 0.05) is 6.54 Å². The van der Waals surface area contributed by atoms with E-state index < -0.39 is 11.1 Å². The van der Waals surface area contributed by atoms with Crippen LogP contribution < -0.4 is 5.32 Å². The third-order valence-electron chi connectivity index (χ3n) is 3.02. The Kier molecular flexibility index (Phi) is 6.31. The van der Waals surface area contributed by atoms with Crippen LogP contribution in [-0.2, 0) is 0 Å². The van der Waals surface area contributed by atoms with Crippen molar-refractivity contribution >= 4 is 0 Å². The van der Waals surface area contributed by atoms with Crippen molar-refractivity contribution in [1.29, 1.82) is 0 Å². The third kappa shape index (κ3) is 4.04. The van der Waals surface area contributed by atoms with Crippen molar-refractivity contribution in [3.05, 3.63) is 0 Å². The van der Waals surface area contributed by atoms with Crippen LogP contribution in [0.2, 0.25) is 0 Å². The average Bonchev–Trinajstić information content (AvgIpc) is 2.31. The molecule has 0 atom stereocenters. The van der Waals surface area contributed by atoms with Crippen molar-refractivity contribution in [3.63, 3.8) is 0 Å². The van der Waals surface area contributed by atoms with Crippen molar-refractivity contribution < 1.29 is 20.4 Å². The lowest BCUT2D eigenvalue weighted by molar-refractivity contribution is -0.00557. The minimum atomic E-state index is -1.11. The molecule has 0 heterocycles. The highest BCUT2D eigenvalue weighted by atomic mass is 16.3. The molecule has 5 nitrogen and oxygen atoms in total. The topological polar surface area (TPSA) is 93.0 Å². The van der Waals surface area contributed by atoms with E-state index in [0.717, 1.165) is 0 Å². The zero-order valence-corrected chi connectivity index (χ0v) is 9.53. The molecule has 0 bridgehead atoms. The molecule has 5 N–H and O–H groups in total. The van der Waals surface area contributed by atoms with Gasteiger partial charge >= 0.3 is 0 Å². The molecule has 0 aliphatic rings. The van der Waals surface area contributed by atoms with Gasteiger partial charge in [0.15, 0.2) is 0 Å². The maximum absolute atomic E-state index is 9.97. The van der Waals surface area contributed by atoms with Crippen LogP contribution in [0.3, 0.4) is 0 Å². The molecule has 0 unspecified atom stereocenters. The normalized spacial score (nSPS) is 13.2. The van der Waals surface area contributed by atoms with Gasteiger partial charge in [-0.2, -0.15) is 0 Å². The number of nitrogens with one attached hydrogen (secondary N) is 1. The molecule has 0 aromatic carbocycles. The molecule has 0 aromatic rings. The molecule has 0 amide bonds. The molecule has 92 valence electrons. The first-order valence-electron chi connectivity index (χ1n) is 5.31. The lowest BCUT2D eigenvalue weighted by Crippen LogP contribution is -2.58. The number of hydrogen-bond acceptors (Lipinski definition) is 5.